The van der Waals surface area contributed by atoms with E-state index in [0.29, 0.717) is 24.0 Å². The molecule has 1 saturated carbocycles. The number of ether oxygens (including phenoxy) is 1. The summed E-state index contributed by atoms with van der Waals surface area (Å²) in [4.78, 5) is 32.9. The number of carbonyl (C=O) groups excluding carboxylic acids is 2. The first kappa shape index (κ1) is 23.9. The lowest BCUT2D eigenvalue weighted by molar-refractivity contribution is -0.156. The van der Waals surface area contributed by atoms with Gasteiger partial charge in [0.25, 0.3) is 5.91 Å². The van der Waals surface area contributed by atoms with E-state index in [9.17, 15) is 9.59 Å². The first-order valence-electron chi connectivity index (χ1n) is 11.6. The van der Waals surface area contributed by atoms with Crippen molar-refractivity contribution in [1.29, 1.82) is 0 Å². The maximum atomic E-state index is 12.1. The van der Waals surface area contributed by atoms with Gasteiger partial charge in [0.15, 0.2) is 0 Å². The smallest absolute Gasteiger partial charge is 0.306 e. The number of primary amides is 1. The monoisotopic (exact) mass is 437 g/mol. The summed E-state index contributed by atoms with van der Waals surface area (Å²) in [6, 6.07) is 8.43. The third kappa shape index (κ3) is 5.93. The zero-order valence-corrected chi connectivity index (χ0v) is 19.9. The highest BCUT2D eigenvalue weighted by Crippen LogP contribution is 2.38. The molecule has 6 heteroatoms. The van der Waals surface area contributed by atoms with E-state index < -0.39 is 11.5 Å². The van der Waals surface area contributed by atoms with E-state index in [-0.39, 0.29) is 11.7 Å². The molecule has 0 radical (unpaired) electrons. The number of esters is 1. The number of benzene rings is 1. The van der Waals surface area contributed by atoms with Gasteiger partial charge in [-0.3, -0.25) is 14.6 Å². The topological polar surface area (TPSA) is 95.2 Å². The first-order valence-corrected chi connectivity index (χ1v) is 11.6. The summed E-state index contributed by atoms with van der Waals surface area (Å²) in [7, 11) is 0. The number of amides is 1. The molecule has 6 nitrogen and oxygen atoms in total. The molecule has 1 amide bonds. The van der Waals surface area contributed by atoms with Crippen LogP contribution in [-0.2, 0) is 16.0 Å². The van der Waals surface area contributed by atoms with Crippen molar-refractivity contribution in [2.45, 2.75) is 84.7 Å². The van der Waals surface area contributed by atoms with Gasteiger partial charge in [-0.1, -0.05) is 31.2 Å². The summed E-state index contributed by atoms with van der Waals surface area (Å²) in [5.41, 5.74) is 9.68. The second-order valence-electron chi connectivity index (χ2n) is 9.80. The fourth-order valence-electron chi connectivity index (χ4n) is 4.51. The Morgan fingerprint density at radius 1 is 1.06 bits per heavy atom. The number of hydrogen-bond acceptors (Lipinski definition) is 5. The number of aryl methyl sites for hydroxylation is 2. The van der Waals surface area contributed by atoms with Crippen LogP contribution in [0.4, 0.5) is 0 Å². The van der Waals surface area contributed by atoms with Gasteiger partial charge in [0, 0.05) is 12.0 Å². The Bertz CT molecular complexity index is 969. The lowest BCUT2D eigenvalue weighted by Gasteiger charge is -2.29. The van der Waals surface area contributed by atoms with Gasteiger partial charge >= 0.3 is 5.97 Å². The van der Waals surface area contributed by atoms with Crippen molar-refractivity contribution in [3.05, 3.63) is 46.9 Å². The Hall–Kier alpha value is -2.76. The first-order chi connectivity index (χ1) is 15.1. The summed E-state index contributed by atoms with van der Waals surface area (Å²) in [6.45, 7) is 9.52. The molecule has 1 aromatic carbocycles. The second kappa shape index (κ2) is 9.80. The van der Waals surface area contributed by atoms with E-state index in [4.69, 9.17) is 10.5 Å². The van der Waals surface area contributed by atoms with Crippen LogP contribution >= 0.6 is 0 Å². The molecule has 172 valence electrons. The molecule has 0 bridgehead atoms. The van der Waals surface area contributed by atoms with Crippen molar-refractivity contribution in [1.82, 2.24) is 9.97 Å². The fourth-order valence-corrected chi connectivity index (χ4v) is 4.51. The molecule has 1 heterocycles. The van der Waals surface area contributed by atoms with Crippen molar-refractivity contribution in [3.8, 4) is 11.3 Å². The van der Waals surface area contributed by atoms with E-state index in [1.807, 2.05) is 27.7 Å². The van der Waals surface area contributed by atoms with Gasteiger partial charge in [-0.2, -0.15) is 0 Å². The normalized spacial score (nSPS) is 18.9. The highest BCUT2D eigenvalue weighted by molar-refractivity contribution is 5.92. The van der Waals surface area contributed by atoms with Crippen molar-refractivity contribution in [2.24, 2.45) is 11.7 Å². The largest absolute Gasteiger partial charge is 0.460 e. The molecule has 0 spiro atoms. The van der Waals surface area contributed by atoms with Crippen LogP contribution in [0.5, 0.6) is 0 Å². The average molecular weight is 438 g/mol. The molecule has 32 heavy (non-hydrogen) atoms. The molecule has 0 saturated heterocycles. The Labute approximate surface area is 191 Å². The predicted molar refractivity (Wildman–Crippen MR) is 125 cm³/mol. The van der Waals surface area contributed by atoms with E-state index in [0.717, 1.165) is 49.1 Å². The van der Waals surface area contributed by atoms with Gasteiger partial charge < -0.3 is 10.5 Å². The molecule has 1 aliphatic rings. The van der Waals surface area contributed by atoms with Crippen LogP contribution in [-0.4, -0.2) is 27.4 Å². The van der Waals surface area contributed by atoms with Gasteiger partial charge in [-0.15, -0.1) is 0 Å². The molecule has 3 rings (SSSR count). The Morgan fingerprint density at radius 2 is 1.69 bits per heavy atom. The molecule has 2 N–H and O–H groups in total. The van der Waals surface area contributed by atoms with Crippen LogP contribution in [0.25, 0.3) is 11.3 Å². The third-order valence-electron chi connectivity index (χ3n) is 6.09. The summed E-state index contributed by atoms with van der Waals surface area (Å²) in [6.07, 6.45) is 5.46. The van der Waals surface area contributed by atoms with E-state index in [1.165, 1.54) is 5.56 Å². The number of aromatic nitrogens is 2. The number of hydrogen-bond donors (Lipinski definition) is 1. The lowest BCUT2D eigenvalue weighted by Crippen LogP contribution is -2.26. The Morgan fingerprint density at radius 3 is 2.22 bits per heavy atom. The van der Waals surface area contributed by atoms with Crippen molar-refractivity contribution < 1.29 is 14.3 Å². The van der Waals surface area contributed by atoms with Crippen LogP contribution in [0.1, 0.15) is 93.2 Å². The zero-order valence-electron chi connectivity index (χ0n) is 19.9. The predicted octanol–water partition coefficient (Wildman–Crippen LogP) is 5.12. The number of carbonyl (C=O) groups is 2. The quantitative estimate of drug-likeness (QED) is 0.633. The van der Waals surface area contributed by atoms with Crippen molar-refractivity contribution in [2.75, 3.05) is 0 Å². The molecule has 1 aliphatic carbocycles. The SMILES string of the molecule is CCc1nc(C)c(C(N)=O)nc1-c1ccc(C2CCC(CC(=O)OC(C)(C)C)CC2)cc1. The Kier molecular flexibility index (Phi) is 7.32. The Balaban J connectivity index is 1.67. The summed E-state index contributed by atoms with van der Waals surface area (Å²) in [5.74, 6) is 0.252. The highest BCUT2D eigenvalue weighted by Gasteiger charge is 2.26. The second-order valence-corrected chi connectivity index (χ2v) is 9.80. The zero-order chi connectivity index (χ0) is 23.5. The minimum atomic E-state index is -0.557. The summed E-state index contributed by atoms with van der Waals surface area (Å²) >= 11 is 0. The number of nitrogens with two attached hydrogens (primary N) is 1. The van der Waals surface area contributed by atoms with Crippen molar-refractivity contribution in [3.63, 3.8) is 0 Å². The summed E-state index contributed by atoms with van der Waals surface area (Å²) in [5, 5.41) is 0. The van der Waals surface area contributed by atoms with Crippen molar-refractivity contribution >= 4 is 11.9 Å². The van der Waals surface area contributed by atoms with E-state index in [2.05, 4.69) is 34.2 Å². The molecule has 2 aromatic rings. The van der Waals surface area contributed by atoms with Crippen LogP contribution in [0.3, 0.4) is 0 Å². The van der Waals surface area contributed by atoms with Gasteiger partial charge in [0.2, 0.25) is 0 Å². The highest BCUT2D eigenvalue weighted by atomic mass is 16.6. The van der Waals surface area contributed by atoms with Gasteiger partial charge in [-0.05, 0) is 77.2 Å². The van der Waals surface area contributed by atoms with Crippen LogP contribution in [0.15, 0.2) is 24.3 Å². The average Bonchev–Trinajstić information content (AvgIpc) is 2.72. The van der Waals surface area contributed by atoms with Gasteiger partial charge in [-0.25, -0.2) is 4.98 Å². The maximum absolute atomic E-state index is 12.1. The van der Waals surface area contributed by atoms with E-state index in [1.54, 1.807) is 6.92 Å². The number of nitrogens with zero attached hydrogens (tertiary/aromatic N) is 2. The maximum Gasteiger partial charge on any atom is 0.306 e. The lowest BCUT2D eigenvalue weighted by atomic mass is 9.77. The van der Waals surface area contributed by atoms with Crippen LogP contribution in [0, 0.1) is 12.8 Å². The molecular weight excluding hydrogens is 402 g/mol. The van der Waals surface area contributed by atoms with Gasteiger partial charge in [0.1, 0.15) is 11.3 Å². The molecule has 0 unspecified atom stereocenters. The van der Waals surface area contributed by atoms with Crippen LogP contribution in [0.2, 0.25) is 0 Å². The molecule has 0 aliphatic heterocycles. The molecular formula is C26H35N3O3. The number of rotatable bonds is 6. The fraction of sp³-hybridized carbons (Fsp3) is 0.538. The minimum absolute atomic E-state index is 0.0911. The minimum Gasteiger partial charge on any atom is -0.460 e. The summed E-state index contributed by atoms with van der Waals surface area (Å²) < 4.78 is 5.48. The standard InChI is InChI=1S/C26H35N3O3/c1-6-21-24(29-23(25(27)31)16(2)28-21)20-13-11-19(12-14-20)18-9-7-17(8-10-18)15-22(30)32-26(3,4)5/h11-14,17-18H,6-10,15H2,1-5H3,(H2,27,31). The van der Waals surface area contributed by atoms with Crippen LogP contribution < -0.4 is 5.73 Å². The third-order valence-corrected chi connectivity index (χ3v) is 6.09. The van der Waals surface area contributed by atoms with Gasteiger partial charge in [0.05, 0.1) is 17.1 Å². The van der Waals surface area contributed by atoms with E-state index >= 15 is 0 Å². The molecule has 1 aromatic heterocycles. The molecule has 1 fully saturated rings. The molecule has 0 atom stereocenters.